The average molecular weight is 1280 g/mol. The van der Waals surface area contributed by atoms with E-state index in [2.05, 4.69) is 19.3 Å². The first-order valence-corrected chi connectivity index (χ1v) is 29.8. The number of nitriles is 2. The van der Waals surface area contributed by atoms with Crippen LogP contribution in [0.2, 0.25) is 0 Å². The van der Waals surface area contributed by atoms with Crippen molar-refractivity contribution in [3.8, 4) is 34.4 Å². The molecule has 0 bridgehead atoms. The third kappa shape index (κ3) is 14.6. The molecule has 0 radical (unpaired) electrons. The summed E-state index contributed by atoms with van der Waals surface area (Å²) in [6.45, 7) is 4.20. The molecular weight excluding hydrogens is 1220 g/mol. The van der Waals surface area contributed by atoms with E-state index in [1.807, 2.05) is 64.9 Å². The van der Waals surface area contributed by atoms with Gasteiger partial charge < -0.3 is 28.4 Å². The predicted molar refractivity (Wildman–Crippen MR) is 319 cm³/mol. The number of amides is 2. The number of nitrogens with one attached hydrogen (secondary N) is 1. The van der Waals surface area contributed by atoms with Crippen molar-refractivity contribution in [1.29, 1.82) is 10.5 Å². The van der Waals surface area contributed by atoms with E-state index in [-0.39, 0.29) is 62.1 Å². The lowest BCUT2D eigenvalue weighted by Crippen LogP contribution is -2.74. The van der Waals surface area contributed by atoms with Gasteiger partial charge in [-0.05, 0) is 95.8 Å². The molecule has 3 saturated heterocycles. The van der Waals surface area contributed by atoms with E-state index < -0.39 is 68.8 Å². The molecule has 6 aromatic carbocycles. The van der Waals surface area contributed by atoms with E-state index in [9.17, 15) is 68.0 Å². The van der Waals surface area contributed by atoms with Gasteiger partial charge in [0, 0.05) is 61.8 Å². The maximum absolute atomic E-state index is 14.7. The number of anilines is 4. The summed E-state index contributed by atoms with van der Waals surface area (Å²) in [6.07, 6.45) is -5.13. The summed E-state index contributed by atoms with van der Waals surface area (Å²) < 4.78 is 144. The van der Waals surface area contributed by atoms with Crippen LogP contribution in [0.3, 0.4) is 0 Å². The first kappa shape index (κ1) is 65.6. The molecule has 11 rings (SSSR count). The smallest absolute Gasteiger partial charge is 0.379 e. The van der Waals surface area contributed by atoms with Crippen LogP contribution in [0.4, 0.5) is 57.9 Å². The van der Waals surface area contributed by atoms with Crippen molar-refractivity contribution in [3.05, 3.63) is 179 Å². The predicted octanol–water partition coefficient (Wildman–Crippen LogP) is 10.1. The fourth-order valence-corrected chi connectivity index (χ4v) is 11.4. The number of ether oxygens (including phenoxy) is 2. The maximum atomic E-state index is 14.7. The third-order valence-corrected chi connectivity index (χ3v) is 15.6. The monoisotopic (exact) mass is 1280 g/mol. The van der Waals surface area contributed by atoms with Gasteiger partial charge in [0.25, 0.3) is 11.8 Å². The van der Waals surface area contributed by atoms with Crippen molar-refractivity contribution in [2.45, 2.75) is 30.9 Å². The number of rotatable bonds is 12. The van der Waals surface area contributed by atoms with Gasteiger partial charge in [0.2, 0.25) is 5.66 Å². The lowest BCUT2D eigenvalue weighted by Gasteiger charge is -2.53. The van der Waals surface area contributed by atoms with Crippen LogP contribution in [0.1, 0.15) is 44.7 Å². The van der Waals surface area contributed by atoms with Gasteiger partial charge in [-0.3, -0.25) is 29.5 Å². The number of nitrogens with zero attached hydrogens (tertiary/aromatic N) is 9. The summed E-state index contributed by atoms with van der Waals surface area (Å²) >= 11 is 0. The SMILES string of the molecule is CS(=O)(=O)O/C(=N\Nc1ccc(F)c(C#N)c1)C(F)(F)F.N#Cc1cc(N2N=C(C(F)(F)F)[C@@H]3CCN(c4ccc(-c5ccccc5C=O)cc4)C(=O)[C@@]32N2CCOCC2)ccc1F.O=Cc1ccccc1-c1ccc(N2CCC=C(N3CCOCC3)C2=O)cc1. The molecule has 5 aliphatic heterocycles. The lowest BCUT2D eigenvalue weighted by molar-refractivity contribution is -0.140. The Morgan fingerprint density at radius 1 is 0.692 bits per heavy atom. The number of carbonyl (C=O) groups is 4. The van der Waals surface area contributed by atoms with Crippen LogP contribution in [-0.4, -0.2) is 144 Å². The highest BCUT2D eigenvalue weighted by Crippen LogP contribution is 2.50. The van der Waals surface area contributed by atoms with Crippen LogP contribution in [0.25, 0.3) is 22.3 Å². The van der Waals surface area contributed by atoms with Gasteiger partial charge >= 0.3 is 28.4 Å². The third-order valence-electron chi connectivity index (χ3n) is 15.2. The number of hydrogen-bond acceptors (Lipinski definition) is 17. The van der Waals surface area contributed by atoms with Crippen molar-refractivity contribution < 1.29 is 76.4 Å². The summed E-state index contributed by atoms with van der Waals surface area (Å²) in [4.78, 5) is 57.6. The molecule has 6 aromatic rings. The highest BCUT2D eigenvalue weighted by Gasteiger charge is 2.68. The topological polar surface area (TPSA) is 231 Å². The minimum absolute atomic E-state index is 0.00430. The molecule has 1 N–H and O–H groups in total. The Morgan fingerprint density at radius 2 is 1.21 bits per heavy atom. The van der Waals surface area contributed by atoms with Gasteiger partial charge in [0.15, 0.2) is 12.6 Å². The normalized spacial score (nSPS) is 18.8. The molecule has 2 amide bonds. The van der Waals surface area contributed by atoms with Gasteiger partial charge in [0.1, 0.15) is 29.5 Å². The lowest BCUT2D eigenvalue weighted by atomic mass is 9.79. The zero-order chi connectivity index (χ0) is 65.3. The van der Waals surface area contributed by atoms with Crippen LogP contribution < -0.4 is 20.2 Å². The molecule has 5 heterocycles. The van der Waals surface area contributed by atoms with Crippen LogP contribution in [0.15, 0.2) is 155 Å². The number of hydrogen-bond donors (Lipinski definition) is 1. The second-order valence-electron chi connectivity index (χ2n) is 20.8. The number of halogens is 8. The Kier molecular flexibility index (Phi) is 20.1. The number of piperidine rings is 1. The molecule has 0 saturated carbocycles. The van der Waals surface area contributed by atoms with E-state index in [1.54, 1.807) is 59.5 Å². The van der Waals surface area contributed by atoms with Crippen LogP contribution in [-0.2, 0) is 33.4 Å². The number of morpholine rings is 2. The average Bonchev–Trinajstić information content (AvgIpc) is 1.57. The number of carbonyl (C=O) groups excluding carboxylic acids is 4. The molecule has 0 spiro atoms. The second kappa shape index (κ2) is 27.9. The quantitative estimate of drug-likeness (QED) is 0.0300. The van der Waals surface area contributed by atoms with E-state index in [0.29, 0.717) is 48.4 Å². The Hall–Kier alpha value is -9.87. The van der Waals surface area contributed by atoms with Crippen LogP contribution >= 0.6 is 0 Å². The molecule has 19 nitrogen and oxygen atoms in total. The molecule has 472 valence electrons. The first-order valence-electron chi connectivity index (χ1n) is 27.9. The van der Waals surface area contributed by atoms with Crippen molar-refractivity contribution in [2.24, 2.45) is 16.1 Å². The Labute approximate surface area is 516 Å². The summed E-state index contributed by atoms with van der Waals surface area (Å²) in [6, 6.07) is 38.6. The summed E-state index contributed by atoms with van der Waals surface area (Å²) in [5, 5.41) is 25.8. The highest BCUT2D eigenvalue weighted by atomic mass is 32.2. The summed E-state index contributed by atoms with van der Waals surface area (Å²) in [7, 11) is -4.43. The maximum Gasteiger partial charge on any atom is 0.471 e. The molecule has 3 fully saturated rings. The van der Waals surface area contributed by atoms with Gasteiger partial charge in [-0.25, -0.2) is 13.8 Å². The fourth-order valence-electron chi connectivity index (χ4n) is 11.0. The fraction of sp³-hybridized carbons (Fsp3) is 0.270. The Bertz CT molecular complexity index is 4010. The van der Waals surface area contributed by atoms with E-state index in [1.165, 1.54) is 17.0 Å². The van der Waals surface area contributed by atoms with Gasteiger partial charge in [0.05, 0.1) is 66.8 Å². The Balaban J connectivity index is 0.000000175. The summed E-state index contributed by atoms with van der Waals surface area (Å²) in [5.74, 6) is -5.69. The van der Waals surface area contributed by atoms with Gasteiger partial charge in [-0.2, -0.15) is 50.4 Å². The second-order valence-corrected chi connectivity index (χ2v) is 22.3. The summed E-state index contributed by atoms with van der Waals surface area (Å²) in [5.41, 5.74) is 4.40. The minimum atomic E-state index is -5.16. The molecule has 5 aliphatic rings. The Morgan fingerprint density at radius 3 is 1.74 bits per heavy atom. The molecule has 0 aliphatic carbocycles. The molecule has 28 heteroatoms. The van der Waals surface area contributed by atoms with E-state index in [4.69, 9.17) is 14.7 Å². The number of fused-ring (bicyclic) bond motifs is 1. The first-order chi connectivity index (χ1) is 43.5. The van der Waals surface area contributed by atoms with Crippen molar-refractivity contribution in [1.82, 2.24) is 9.80 Å². The molecule has 91 heavy (non-hydrogen) atoms. The van der Waals surface area contributed by atoms with Crippen molar-refractivity contribution in [3.63, 3.8) is 0 Å². The number of hydrazone groups is 2. The molecular formula is C63H54F8N10O9S. The van der Waals surface area contributed by atoms with Gasteiger partial charge in [-0.1, -0.05) is 78.9 Å². The number of alkyl halides is 6. The number of benzene rings is 6. The molecule has 0 unspecified atom stereocenters. The van der Waals surface area contributed by atoms with E-state index >= 15 is 0 Å². The zero-order valence-corrected chi connectivity index (χ0v) is 48.9. The van der Waals surface area contributed by atoms with Gasteiger partial charge in [-0.15, -0.1) is 5.10 Å². The number of aldehydes is 2. The van der Waals surface area contributed by atoms with Crippen LogP contribution in [0, 0.1) is 40.2 Å². The molecule has 2 atom stereocenters. The van der Waals surface area contributed by atoms with Crippen molar-refractivity contribution in [2.75, 3.05) is 92.2 Å². The standard InChI is InChI=1S/C31H25F4N5O3.C22H22N2O3.C10H7F4N3O3S/c32-27-10-9-24(17-22(27)18-36)40-30(38-13-15-43-16-14-38)26(28(37-40)31(33,34)35)11-12-39(29(30)42)23-7-5-20(6-8-23)25-4-2-1-3-21(25)19-41;25-16-18-4-1-2-5-20(18)17-7-9-19(10-8-17)24-11-3-6-21(22(24)26)23-12-14-27-15-13-23;1-21(18,19)20-9(10(12,13)14)17-16-7-2-3-8(11)6(4-7)5-15/h1-10,17,19,26H,11-16H2;1-2,4-10,16H,3,11-15H2;2-4,16H,1H3/b;;17-9-/t26-,30+;;/m0../s1. The largest absolute Gasteiger partial charge is 0.471 e. The highest BCUT2D eigenvalue weighted by molar-refractivity contribution is 7.86. The minimum Gasteiger partial charge on any atom is -0.379 e. The van der Waals surface area contributed by atoms with E-state index in [0.717, 1.165) is 95.5 Å². The van der Waals surface area contributed by atoms with Crippen molar-refractivity contribution >= 4 is 68.9 Å². The van der Waals surface area contributed by atoms with Crippen LogP contribution in [0.5, 0.6) is 0 Å². The zero-order valence-electron chi connectivity index (χ0n) is 48.1. The molecule has 0 aromatic heterocycles.